The molecule has 2 fully saturated rings. The molecule has 1 aliphatic carbocycles. The second kappa shape index (κ2) is 7.86. The second-order valence-corrected chi connectivity index (χ2v) is 7.20. The van der Waals surface area contributed by atoms with Crippen LogP contribution in [0.3, 0.4) is 0 Å². The molecule has 1 saturated carbocycles. The number of hydrogen-bond acceptors (Lipinski definition) is 3. The normalized spacial score (nSPS) is 25.0. The lowest BCUT2D eigenvalue weighted by molar-refractivity contribution is -0.123. The minimum Gasteiger partial charge on any atom is -0.459 e. The number of carbonyl (C=O) groups excluding carboxylic acids is 2. The van der Waals surface area contributed by atoms with Crippen LogP contribution in [0.2, 0.25) is 0 Å². The molecule has 132 valence electrons. The van der Waals surface area contributed by atoms with E-state index in [4.69, 9.17) is 4.42 Å². The lowest BCUT2D eigenvalue weighted by atomic mass is 9.81. The molecule has 2 atom stereocenters. The summed E-state index contributed by atoms with van der Waals surface area (Å²) in [5, 5.41) is 3.19. The van der Waals surface area contributed by atoms with E-state index in [1.807, 2.05) is 4.90 Å². The second-order valence-electron chi connectivity index (χ2n) is 7.20. The lowest BCUT2D eigenvalue weighted by Crippen LogP contribution is -2.45. The van der Waals surface area contributed by atoms with E-state index in [1.165, 1.54) is 19.1 Å². The molecule has 0 bridgehead atoms. The van der Waals surface area contributed by atoms with Crippen molar-refractivity contribution in [3.63, 3.8) is 0 Å². The Morgan fingerprint density at radius 2 is 2.04 bits per heavy atom. The fourth-order valence-electron chi connectivity index (χ4n) is 4.15. The monoisotopic (exact) mass is 332 g/mol. The zero-order valence-corrected chi connectivity index (χ0v) is 14.5. The maximum atomic E-state index is 12.4. The zero-order valence-electron chi connectivity index (χ0n) is 14.5. The van der Waals surface area contributed by atoms with E-state index in [-0.39, 0.29) is 11.8 Å². The third-order valence-corrected chi connectivity index (χ3v) is 5.60. The van der Waals surface area contributed by atoms with E-state index in [1.54, 1.807) is 12.1 Å². The fraction of sp³-hybridized carbons (Fsp3) is 0.684. The molecule has 0 radical (unpaired) electrons. The van der Waals surface area contributed by atoms with Crippen LogP contribution in [0.5, 0.6) is 0 Å². The molecule has 1 aromatic heterocycles. The van der Waals surface area contributed by atoms with Crippen LogP contribution >= 0.6 is 0 Å². The Kier molecular flexibility index (Phi) is 5.59. The predicted molar refractivity (Wildman–Crippen MR) is 91.5 cm³/mol. The van der Waals surface area contributed by atoms with Crippen molar-refractivity contribution < 1.29 is 14.0 Å². The van der Waals surface area contributed by atoms with E-state index in [9.17, 15) is 9.59 Å². The minimum atomic E-state index is -0.0349. The van der Waals surface area contributed by atoms with Gasteiger partial charge >= 0.3 is 0 Å². The number of piperidine rings is 1. The van der Waals surface area contributed by atoms with Crippen molar-refractivity contribution in [1.82, 2.24) is 10.2 Å². The van der Waals surface area contributed by atoms with Crippen LogP contribution in [0.4, 0.5) is 0 Å². The molecule has 1 saturated heterocycles. The molecule has 0 spiro atoms. The Balaban J connectivity index is 1.53. The molecular formula is C19H28N2O3. The number of rotatable bonds is 5. The first-order valence-electron chi connectivity index (χ1n) is 9.29. The van der Waals surface area contributed by atoms with Crippen LogP contribution in [-0.2, 0) is 4.79 Å². The highest BCUT2D eigenvalue weighted by Crippen LogP contribution is 2.30. The highest BCUT2D eigenvalue weighted by molar-refractivity contribution is 5.91. The zero-order chi connectivity index (χ0) is 16.9. The Morgan fingerprint density at radius 1 is 1.25 bits per heavy atom. The highest BCUT2D eigenvalue weighted by atomic mass is 16.3. The van der Waals surface area contributed by atoms with Gasteiger partial charge in [-0.05, 0) is 43.2 Å². The number of likely N-dealkylation sites (tertiary alicyclic amines) is 1. The summed E-state index contributed by atoms with van der Waals surface area (Å²) in [5.74, 6) is 1.31. The first kappa shape index (κ1) is 17.1. The van der Waals surface area contributed by atoms with Gasteiger partial charge in [0.05, 0.1) is 6.26 Å². The molecule has 3 rings (SSSR count). The molecule has 0 aromatic carbocycles. The summed E-state index contributed by atoms with van der Waals surface area (Å²) in [6, 6.07) is 3.84. The third-order valence-electron chi connectivity index (χ3n) is 5.60. The summed E-state index contributed by atoms with van der Waals surface area (Å²) in [4.78, 5) is 26.6. The summed E-state index contributed by atoms with van der Waals surface area (Å²) < 4.78 is 5.23. The molecule has 2 heterocycles. The molecule has 0 unspecified atom stereocenters. The van der Waals surface area contributed by atoms with Crippen LogP contribution in [0.15, 0.2) is 22.8 Å². The van der Waals surface area contributed by atoms with Crippen LogP contribution in [0.25, 0.3) is 0 Å². The molecule has 1 aliphatic heterocycles. The largest absolute Gasteiger partial charge is 0.459 e. The van der Waals surface area contributed by atoms with Crippen molar-refractivity contribution in [3.05, 3.63) is 24.2 Å². The van der Waals surface area contributed by atoms with Gasteiger partial charge in [0.15, 0.2) is 5.76 Å². The van der Waals surface area contributed by atoms with Crippen molar-refractivity contribution in [3.8, 4) is 0 Å². The summed E-state index contributed by atoms with van der Waals surface area (Å²) in [6.07, 6.45) is 8.72. The van der Waals surface area contributed by atoms with E-state index < -0.39 is 0 Å². The van der Waals surface area contributed by atoms with Crippen molar-refractivity contribution in [2.75, 3.05) is 13.1 Å². The average molecular weight is 332 g/mol. The quantitative estimate of drug-likeness (QED) is 0.900. The van der Waals surface area contributed by atoms with Gasteiger partial charge in [0.1, 0.15) is 0 Å². The molecule has 1 N–H and O–H groups in total. The lowest BCUT2D eigenvalue weighted by Gasteiger charge is -2.38. The van der Waals surface area contributed by atoms with Crippen molar-refractivity contribution in [1.29, 1.82) is 0 Å². The SMILES string of the molecule is CC[C@@H]1CN(C(=O)c2ccco2)CC[C@H]1CC(=O)NC1CCCC1. The first-order chi connectivity index (χ1) is 11.7. The number of amides is 2. The van der Waals surface area contributed by atoms with Gasteiger partial charge < -0.3 is 14.6 Å². The standard InChI is InChI=1S/C19H28N2O3/c1-2-14-13-21(19(23)17-8-5-11-24-17)10-9-15(14)12-18(22)20-16-6-3-4-7-16/h5,8,11,14-16H,2-4,6-7,9-10,12-13H2,1H3,(H,20,22)/t14-,15+/m1/s1. The summed E-state index contributed by atoms with van der Waals surface area (Å²) >= 11 is 0. The predicted octanol–water partition coefficient (Wildman–Crippen LogP) is 3.22. The molecule has 5 nitrogen and oxygen atoms in total. The number of carbonyl (C=O) groups is 2. The number of nitrogens with one attached hydrogen (secondary N) is 1. The van der Waals surface area contributed by atoms with E-state index in [0.717, 1.165) is 32.2 Å². The van der Waals surface area contributed by atoms with Crippen LogP contribution in [0, 0.1) is 11.8 Å². The Bertz CT molecular complexity index is 549. The van der Waals surface area contributed by atoms with Crippen molar-refractivity contribution >= 4 is 11.8 Å². The molecule has 5 heteroatoms. The minimum absolute atomic E-state index is 0.0349. The summed E-state index contributed by atoms with van der Waals surface area (Å²) in [5.41, 5.74) is 0. The molecular weight excluding hydrogens is 304 g/mol. The maximum absolute atomic E-state index is 12.4. The van der Waals surface area contributed by atoms with Crippen molar-refractivity contribution in [2.24, 2.45) is 11.8 Å². The van der Waals surface area contributed by atoms with Gasteiger partial charge in [0.25, 0.3) is 5.91 Å². The highest BCUT2D eigenvalue weighted by Gasteiger charge is 2.33. The third kappa shape index (κ3) is 4.00. The topological polar surface area (TPSA) is 62.6 Å². The van der Waals surface area contributed by atoms with Gasteiger partial charge in [-0.2, -0.15) is 0 Å². The van der Waals surface area contributed by atoms with E-state index in [0.29, 0.717) is 36.6 Å². The van der Waals surface area contributed by atoms with Crippen LogP contribution in [0.1, 0.15) is 62.4 Å². The Hall–Kier alpha value is -1.78. The molecule has 1 aromatic rings. The van der Waals surface area contributed by atoms with Crippen LogP contribution in [-0.4, -0.2) is 35.8 Å². The number of hydrogen-bond donors (Lipinski definition) is 1. The molecule has 2 aliphatic rings. The Labute approximate surface area is 143 Å². The van der Waals surface area contributed by atoms with Crippen molar-refractivity contribution in [2.45, 2.75) is 57.9 Å². The fourth-order valence-corrected chi connectivity index (χ4v) is 4.15. The number of furan rings is 1. The van der Waals surface area contributed by atoms with Gasteiger partial charge in [-0.1, -0.05) is 26.2 Å². The van der Waals surface area contributed by atoms with Gasteiger partial charge in [-0.25, -0.2) is 0 Å². The van der Waals surface area contributed by atoms with Gasteiger partial charge in [0, 0.05) is 25.6 Å². The van der Waals surface area contributed by atoms with E-state index >= 15 is 0 Å². The molecule has 2 amide bonds. The summed E-state index contributed by atoms with van der Waals surface area (Å²) in [6.45, 7) is 3.57. The number of nitrogens with zero attached hydrogens (tertiary/aromatic N) is 1. The van der Waals surface area contributed by atoms with Gasteiger partial charge in [0.2, 0.25) is 5.91 Å². The maximum Gasteiger partial charge on any atom is 0.289 e. The average Bonchev–Trinajstić information content (AvgIpc) is 3.28. The summed E-state index contributed by atoms with van der Waals surface area (Å²) in [7, 11) is 0. The molecule has 24 heavy (non-hydrogen) atoms. The smallest absolute Gasteiger partial charge is 0.289 e. The van der Waals surface area contributed by atoms with Crippen LogP contribution < -0.4 is 5.32 Å². The van der Waals surface area contributed by atoms with Gasteiger partial charge in [-0.15, -0.1) is 0 Å². The first-order valence-corrected chi connectivity index (χ1v) is 9.29. The Morgan fingerprint density at radius 3 is 2.71 bits per heavy atom. The van der Waals surface area contributed by atoms with E-state index in [2.05, 4.69) is 12.2 Å². The van der Waals surface area contributed by atoms with Gasteiger partial charge in [-0.3, -0.25) is 9.59 Å².